The lowest BCUT2D eigenvalue weighted by atomic mass is 9.93. The van der Waals surface area contributed by atoms with E-state index in [2.05, 4.69) is 5.32 Å². The average Bonchev–Trinajstić information content (AvgIpc) is 3.14. The molecule has 4 aromatic carbocycles. The molecule has 34 heavy (non-hydrogen) atoms. The minimum absolute atomic E-state index is 0.191. The molecule has 0 radical (unpaired) electrons. The number of rotatable bonds is 3. The molecule has 0 unspecified atom stereocenters. The van der Waals surface area contributed by atoms with E-state index in [1.807, 2.05) is 78.9 Å². The first kappa shape index (κ1) is 19.9. The number of para-hydroxylation sites is 2. The van der Waals surface area contributed by atoms with Crippen molar-refractivity contribution in [1.29, 1.82) is 0 Å². The average molecular weight is 441 g/mol. The quantitative estimate of drug-likeness (QED) is 0.284. The molecular weight excluding hydrogens is 422 g/mol. The molecule has 2 aliphatic rings. The number of Topliss-reactive ketones (excluding diaryl/α,β-unsaturated/α-hetero) is 2. The van der Waals surface area contributed by atoms with Crippen molar-refractivity contribution >= 4 is 34.3 Å². The second-order valence-corrected chi connectivity index (χ2v) is 8.17. The van der Waals surface area contributed by atoms with Crippen LogP contribution in [0.1, 0.15) is 31.8 Å². The molecule has 0 atom stereocenters. The van der Waals surface area contributed by atoms with Crippen molar-refractivity contribution in [3.8, 4) is 5.75 Å². The molecule has 0 bridgehead atoms. The van der Waals surface area contributed by atoms with Crippen molar-refractivity contribution in [3.63, 3.8) is 0 Å². The Balaban J connectivity index is 1.42. The van der Waals surface area contributed by atoms with Gasteiger partial charge in [0.1, 0.15) is 11.5 Å². The van der Waals surface area contributed by atoms with Gasteiger partial charge in [-0.05, 0) is 48.5 Å². The van der Waals surface area contributed by atoms with E-state index in [0.29, 0.717) is 28.2 Å². The zero-order valence-corrected chi connectivity index (χ0v) is 18.1. The SMILES string of the molecule is O=C1C(=C2C=C(c3ccc(Nc4ccccc4)cc3)Oc3ccccc32)C(=O)c2ccccc21. The minimum atomic E-state index is -0.245. The van der Waals surface area contributed by atoms with Gasteiger partial charge < -0.3 is 10.1 Å². The summed E-state index contributed by atoms with van der Waals surface area (Å²) in [5.74, 6) is 0.713. The number of fused-ring (bicyclic) bond motifs is 2. The van der Waals surface area contributed by atoms with E-state index in [4.69, 9.17) is 4.74 Å². The van der Waals surface area contributed by atoms with Crippen LogP contribution in [0.25, 0.3) is 11.3 Å². The van der Waals surface area contributed by atoms with Gasteiger partial charge in [0.2, 0.25) is 0 Å². The Morgan fingerprint density at radius 3 is 1.79 bits per heavy atom. The summed E-state index contributed by atoms with van der Waals surface area (Å²) in [5, 5.41) is 3.37. The van der Waals surface area contributed by atoms with E-state index in [-0.39, 0.29) is 17.1 Å². The Morgan fingerprint density at radius 1 is 0.559 bits per heavy atom. The molecule has 4 nitrogen and oxygen atoms in total. The summed E-state index contributed by atoms with van der Waals surface area (Å²) in [6, 6.07) is 32.3. The zero-order chi connectivity index (χ0) is 23.1. The molecule has 1 aliphatic heterocycles. The monoisotopic (exact) mass is 441 g/mol. The number of carbonyl (C=O) groups is 2. The Kier molecular flexibility index (Phi) is 4.70. The lowest BCUT2D eigenvalue weighted by molar-refractivity contribution is 0.0990. The predicted octanol–water partition coefficient (Wildman–Crippen LogP) is 6.70. The van der Waals surface area contributed by atoms with E-state index in [0.717, 1.165) is 22.5 Å². The van der Waals surface area contributed by atoms with E-state index >= 15 is 0 Å². The van der Waals surface area contributed by atoms with Crippen LogP contribution >= 0.6 is 0 Å². The molecule has 0 spiro atoms. The summed E-state index contributed by atoms with van der Waals surface area (Å²) >= 11 is 0. The summed E-state index contributed by atoms with van der Waals surface area (Å²) in [6.45, 7) is 0. The fourth-order valence-electron chi connectivity index (χ4n) is 4.39. The predicted molar refractivity (Wildman–Crippen MR) is 133 cm³/mol. The van der Waals surface area contributed by atoms with Crippen molar-refractivity contribution < 1.29 is 14.3 Å². The highest BCUT2D eigenvalue weighted by molar-refractivity contribution is 6.43. The number of benzene rings is 4. The third-order valence-corrected chi connectivity index (χ3v) is 6.04. The second kappa shape index (κ2) is 8.01. The van der Waals surface area contributed by atoms with Crippen molar-refractivity contribution in [3.05, 3.63) is 137 Å². The van der Waals surface area contributed by atoms with Gasteiger partial charge in [-0.3, -0.25) is 9.59 Å². The van der Waals surface area contributed by atoms with Crippen LogP contribution in [0.2, 0.25) is 0 Å². The normalized spacial score (nSPS) is 14.3. The van der Waals surface area contributed by atoms with Crippen LogP contribution in [0, 0.1) is 0 Å². The number of hydrogen-bond donors (Lipinski definition) is 1. The van der Waals surface area contributed by atoms with Gasteiger partial charge in [0.25, 0.3) is 0 Å². The highest BCUT2D eigenvalue weighted by Crippen LogP contribution is 2.41. The highest BCUT2D eigenvalue weighted by atomic mass is 16.5. The smallest absolute Gasteiger partial charge is 0.198 e. The number of ether oxygens (including phenoxy) is 1. The standard InChI is InChI=1S/C30H19NO3/c32-29-23-11-4-5-12-24(23)30(33)28(29)25-18-27(34-26-13-7-6-10-22(25)26)19-14-16-21(17-15-19)31-20-8-2-1-3-9-20/h1-18,31H. The third kappa shape index (κ3) is 3.33. The van der Waals surface area contributed by atoms with Crippen LogP contribution in [-0.4, -0.2) is 11.6 Å². The fraction of sp³-hybridized carbons (Fsp3) is 0. The lowest BCUT2D eigenvalue weighted by Crippen LogP contribution is -2.10. The topological polar surface area (TPSA) is 55.4 Å². The van der Waals surface area contributed by atoms with Crippen LogP contribution in [-0.2, 0) is 0 Å². The maximum atomic E-state index is 13.2. The summed E-state index contributed by atoms with van der Waals surface area (Å²) in [4.78, 5) is 26.4. The number of anilines is 2. The molecule has 6 rings (SSSR count). The molecule has 0 aromatic heterocycles. The van der Waals surface area contributed by atoms with Crippen LogP contribution < -0.4 is 10.1 Å². The van der Waals surface area contributed by atoms with E-state index in [1.54, 1.807) is 30.3 Å². The summed E-state index contributed by atoms with van der Waals surface area (Å²) in [5.41, 5.74) is 5.21. The molecule has 1 N–H and O–H groups in total. The fourth-order valence-corrected chi connectivity index (χ4v) is 4.39. The Bertz CT molecular complexity index is 1480. The summed E-state index contributed by atoms with van der Waals surface area (Å²) < 4.78 is 6.20. The van der Waals surface area contributed by atoms with Crippen molar-refractivity contribution in [2.45, 2.75) is 0 Å². The van der Waals surface area contributed by atoms with Crippen molar-refractivity contribution in [2.24, 2.45) is 0 Å². The maximum absolute atomic E-state index is 13.2. The first-order valence-electron chi connectivity index (χ1n) is 11.0. The molecule has 1 heterocycles. The Hall–Kier alpha value is -4.70. The highest BCUT2D eigenvalue weighted by Gasteiger charge is 2.36. The van der Waals surface area contributed by atoms with Gasteiger partial charge in [0, 0.05) is 39.2 Å². The van der Waals surface area contributed by atoms with Crippen LogP contribution in [0.3, 0.4) is 0 Å². The molecule has 0 saturated carbocycles. The van der Waals surface area contributed by atoms with Crippen LogP contribution in [0.15, 0.2) is 115 Å². The minimum Gasteiger partial charge on any atom is -0.456 e. The van der Waals surface area contributed by atoms with Crippen molar-refractivity contribution in [2.75, 3.05) is 5.32 Å². The molecule has 0 saturated heterocycles. The third-order valence-electron chi connectivity index (χ3n) is 6.04. The molecule has 1 aliphatic carbocycles. The number of nitrogens with one attached hydrogen (secondary N) is 1. The number of ketones is 2. The number of allylic oxidation sites excluding steroid dienone is 3. The molecule has 0 fully saturated rings. The van der Waals surface area contributed by atoms with E-state index in [1.165, 1.54) is 0 Å². The first-order valence-corrected chi connectivity index (χ1v) is 11.0. The van der Waals surface area contributed by atoms with Gasteiger partial charge in [-0.2, -0.15) is 0 Å². The molecular formula is C30H19NO3. The molecule has 162 valence electrons. The van der Waals surface area contributed by atoms with Gasteiger partial charge >= 0.3 is 0 Å². The van der Waals surface area contributed by atoms with Gasteiger partial charge in [0.15, 0.2) is 11.6 Å². The summed E-state index contributed by atoms with van der Waals surface area (Å²) in [7, 11) is 0. The van der Waals surface area contributed by atoms with Crippen LogP contribution in [0.5, 0.6) is 5.75 Å². The number of carbonyl (C=O) groups excluding carboxylic acids is 2. The van der Waals surface area contributed by atoms with Gasteiger partial charge in [-0.15, -0.1) is 0 Å². The lowest BCUT2D eigenvalue weighted by Gasteiger charge is -2.21. The van der Waals surface area contributed by atoms with E-state index in [9.17, 15) is 9.59 Å². The zero-order valence-electron chi connectivity index (χ0n) is 18.1. The first-order chi connectivity index (χ1) is 16.7. The van der Waals surface area contributed by atoms with E-state index < -0.39 is 0 Å². The second-order valence-electron chi connectivity index (χ2n) is 8.17. The Labute approximate surface area is 196 Å². The maximum Gasteiger partial charge on any atom is 0.198 e. The van der Waals surface area contributed by atoms with Gasteiger partial charge in [0.05, 0.1) is 5.57 Å². The number of hydrogen-bond acceptors (Lipinski definition) is 4. The molecule has 0 amide bonds. The van der Waals surface area contributed by atoms with Gasteiger partial charge in [-0.1, -0.05) is 60.7 Å². The Morgan fingerprint density at radius 2 is 1.12 bits per heavy atom. The van der Waals surface area contributed by atoms with Gasteiger partial charge in [-0.25, -0.2) is 0 Å². The summed E-state index contributed by atoms with van der Waals surface area (Å²) in [6.07, 6.45) is 1.80. The largest absolute Gasteiger partial charge is 0.456 e. The molecule has 4 heteroatoms. The molecule has 4 aromatic rings. The van der Waals surface area contributed by atoms with Crippen molar-refractivity contribution in [1.82, 2.24) is 0 Å². The van der Waals surface area contributed by atoms with Crippen LogP contribution in [0.4, 0.5) is 11.4 Å².